The summed E-state index contributed by atoms with van der Waals surface area (Å²) in [6.07, 6.45) is 6.37. The van der Waals surface area contributed by atoms with Crippen LogP contribution in [0.15, 0.2) is 0 Å². The molecular weight excluding hydrogens is 236 g/mol. The van der Waals surface area contributed by atoms with Gasteiger partial charge in [0.05, 0.1) is 5.54 Å². The third kappa shape index (κ3) is 3.31. The van der Waals surface area contributed by atoms with Gasteiger partial charge in [0.25, 0.3) is 0 Å². The summed E-state index contributed by atoms with van der Waals surface area (Å²) in [5.41, 5.74) is 5.86. The van der Waals surface area contributed by atoms with Gasteiger partial charge in [-0.3, -0.25) is 4.79 Å². The van der Waals surface area contributed by atoms with Crippen LogP contribution in [-0.4, -0.2) is 29.4 Å². The van der Waals surface area contributed by atoms with Crippen LogP contribution in [0.25, 0.3) is 0 Å². The summed E-state index contributed by atoms with van der Waals surface area (Å²) in [5.74, 6) is 2.33. The van der Waals surface area contributed by atoms with Crippen LogP contribution in [0.5, 0.6) is 0 Å². The molecule has 1 heterocycles. The number of carbonyl (C=O) groups excluding carboxylic acids is 1. The van der Waals surface area contributed by atoms with Crippen LogP contribution in [0.2, 0.25) is 0 Å². The van der Waals surface area contributed by atoms with Crippen molar-refractivity contribution in [2.24, 2.45) is 23.5 Å². The summed E-state index contributed by atoms with van der Waals surface area (Å²) in [6.45, 7) is 8.62. The Hall–Kier alpha value is -0.570. The van der Waals surface area contributed by atoms with E-state index in [-0.39, 0.29) is 5.91 Å². The van der Waals surface area contributed by atoms with Crippen LogP contribution in [-0.2, 0) is 4.79 Å². The molecule has 0 bridgehead atoms. The lowest BCUT2D eigenvalue weighted by Crippen LogP contribution is -2.58. The Morgan fingerprint density at radius 2 is 1.89 bits per heavy atom. The molecule has 1 saturated carbocycles. The van der Waals surface area contributed by atoms with Gasteiger partial charge in [-0.1, -0.05) is 33.6 Å². The van der Waals surface area contributed by atoms with Crippen LogP contribution < -0.4 is 5.73 Å². The number of rotatable bonds is 2. The molecular formula is C16H30N2O. The lowest BCUT2D eigenvalue weighted by molar-refractivity contribution is -0.140. The third-order valence-electron chi connectivity index (χ3n) is 5.23. The first-order valence-corrected chi connectivity index (χ1v) is 8.00. The van der Waals surface area contributed by atoms with Gasteiger partial charge in [-0.15, -0.1) is 0 Å². The predicted octanol–water partition coefficient (Wildman–Crippen LogP) is 2.79. The molecule has 0 aromatic rings. The molecule has 2 atom stereocenters. The molecule has 3 heteroatoms. The second-order valence-electron chi connectivity index (χ2n) is 7.23. The Balaban J connectivity index is 1.93. The highest BCUT2D eigenvalue weighted by atomic mass is 16.2. The van der Waals surface area contributed by atoms with Crippen molar-refractivity contribution in [3.63, 3.8) is 0 Å². The number of hydrogen-bond donors (Lipinski definition) is 1. The molecule has 2 fully saturated rings. The maximum absolute atomic E-state index is 12.7. The van der Waals surface area contributed by atoms with E-state index < -0.39 is 5.54 Å². The zero-order valence-corrected chi connectivity index (χ0v) is 12.8. The van der Waals surface area contributed by atoms with Crippen molar-refractivity contribution in [3.8, 4) is 0 Å². The molecule has 1 aliphatic carbocycles. The summed E-state index contributed by atoms with van der Waals surface area (Å²) in [6, 6.07) is 0. The monoisotopic (exact) mass is 266 g/mol. The van der Waals surface area contributed by atoms with Gasteiger partial charge in [0.15, 0.2) is 0 Å². The van der Waals surface area contributed by atoms with E-state index in [4.69, 9.17) is 5.73 Å². The smallest absolute Gasteiger partial charge is 0.242 e. The molecule has 2 aliphatic rings. The fraction of sp³-hybridized carbons (Fsp3) is 0.938. The standard InChI is InChI=1S/C16H30N2O/c1-12(2)14-6-9-18(10-7-14)15(19)16(17)8-4-5-13(3)11-16/h12-14H,4-11,17H2,1-3H3. The zero-order valence-electron chi connectivity index (χ0n) is 12.8. The van der Waals surface area contributed by atoms with Gasteiger partial charge in [0, 0.05) is 13.1 Å². The molecule has 110 valence electrons. The van der Waals surface area contributed by atoms with Gasteiger partial charge in [-0.25, -0.2) is 0 Å². The second kappa shape index (κ2) is 5.82. The molecule has 0 spiro atoms. The van der Waals surface area contributed by atoms with E-state index in [0.717, 1.165) is 57.0 Å². The second-order valence-corrected chi connectivity index (χ2v) is 7.23. The molecule has 0 aromatic carbocycles. The minimum atomic E-state index is -0.567. The molecule has 2 unspecified atom stereocenters. The van der Waals surface area contributed by atoms with E-state index in [2.05, 4.69) is 20.8 Å². The van der Waals surface area contributed by atoms with Crippen LogP contribution in [0, 0.1) is 17.8 Å². The number of nitrogens with zero attached hydrogens (tertiary/aromatic N) is 1. The molecule has 19 heavy (non-hydrogen) atoms. The Labute approximate surface area is 117 Å². The molecule has 1 aliphatic heterocycles. The van der Waals surface area contributed by atoms with Crippen LogP contribution in [0.1, 0.15) is 59.3 Å². The fourth-order valence-corrected chi connectivity index (χ4v) is 3.87. The molecule has 0 radical (unpaired) electrons. The van der Waals surface area contributed by atoms with Gasteiger partial charge in [-0.05, 0) is 43.4 Å². The highest BCUT2D eigenvalue weighted by Crippen LogP contribution is 2.33. The van der Waals surface area contributed by atoms with E-state index in [1.165, 1.54) is 6.42 Å². The quantitative estimate of drug-likeness (QED) is 0.835. The van der Waals surface area contributed by atoms with Crippen LogP contribution in [0.3, 0.4) is 0 Å². The normalized spacial score (nSPS) is 33.7. The highest BCUT2D eigenvalue weighted by molar-refractivity contribution is 5.86. The van der Waals surface area contributed by atoms with Gasteiger partial charge >= 0.3 is 0 Å². The lowest BCUT2D eigenvalue weighted by Gasteiger charge is -2.42. The number of hydrogen-bond acceptors (Lipinski definition) is 2. The van der Waals surface area contributed by atoms with Crippen LogP contribution in [0.4, 0.5) is 0 Å². The number of carbonyl (C=O) groups is 1. The summed E-state index contributed by atoms with van der Waals surface area (Å²) in [5, 5.41) is 0. The highest BCUT2D eigenvalue weighted by Gasteiger charge is 2.41. The van der Waals surface area contributed by atoms with E-state index in [0.29, 0.717) is 5.92 Å². The first-order chi connectivity index (χ1) is 8.92. The van der Waals surface area contributed by atoms with Crippen molar-refractivity contribution < 1.29 is 4.79 Å². The third-order valence-corrected chi connectivity index (χ3v) is 5.23. The SMILES string of the molecule is CC1CCCC(N)(C(=O)N2CCC(C(C)C)CC2)C1. The predicted molar refractivity (Wildman–Crippen MR) is 78.7 cm³/mol. The molecule has 0 aromatic heterocycles. The van der Waals surface area contributed by atoms with Crippen molar-refractivity contribution in [3.05, 3.63) is 0 Å². The van der Waals surface area contributed by atoms with Crippen molar-refractivity contribution in [2.45, 2.75) is 64.8 Å². The topological polar surface area (TPSA) is 46.3 Å². The van der Waals surface area contributed by atoms with Gasteiger partial charge < -0.3 is 10.6 Å². The summed E-state index contributed by atoms with van der Waals surface area (Å²) < 4.78 is 0. The van der Waals surface area contributed by atoms with E-state index in [1.54, 1.807) is 0 Å². The molecule has 3 nitrogen and oxygen atoms in total. The van der Waals surface area contributed by atoms with Crippen LogP contribution >= 0.6 is 0 Å². The number of piperidine rings is 1. The summed E-state index contributed by atoms with van der Waals surface area (Å²) in [7, 11) is 0. The maximum Gasteiger partial charge on any atom is 0.242 e. The minimum Gasteiger partial charge on any atom is -0.341 e. The van der Waals surface area contributed by atoms with Crippen molar-refractivity contribution in [1.82, 2.24) is 4.90 Å². The average Bonchev–Trinajstić information content (AvgIpc) is 2.37. The Morgan fingerprint density at radius 3 is 2.42 bits per heavy atom. The summed E-state index contributed by atoms with van der Waals surface area (Å²) in [4.78, 5) is 14.7. The number of amides is 1. The molecule has 2 rings (SSSR count). The first-order valence-electron chi connectivity index (χ1n) is 8.00. The number of likely N-dealkylation sites (tertiary alicyclic amines) is 1. The van der Waals surface area contributed by atoms with Crippen molar-refractivity contribution in [1.29, 1.82) is 0 Å². The number of nitrogens with two attached hydrogens (primary N) is 1. The van der Waals surface area contributed by atoms with E-state index in [9.17, 15) is 4.79 Å². The maximum atomic E-state index is 12.7. The van der Waals surface area contributed by atoms with Crippen molar-refractivity contribution in [2.75, 3.05) is 13.1 Å². The fourth-order valence-electron chi connectivity index (χ4n) is 3.87. The Morgan fingerprint density at radius 1 is 1.26 bits per heavy atom. The van der Waals surface area contributed by atoms with Gasteiger partial charge in [0.2, 0.25) is 5.91 Å². The molecule has 1 amide bonds. The Kier molecular flexibility index (Phi) is 4.54. The van der Waals surface area contributed by atoms with E-state index in [1.807, 2.05) is 4.90 Å². The zero-order chi connectivity index (χ0) is 14.0. The molecule has 1 saturated heterocycles. The Bertz CT molecular complexity index is 321. The van der Waals surface area contributed by atoms with E-state index >= 15 is 0 Å². The van der Waals surface area contributed by atoms with Gasteiger partial charge in [-0.2, -0.15) is 0 Å². The lowest BCUT2D eigenvalue weighted by atomic mass is 9.75. The van der Waals surface area contributed by atoms with Crippen molar-refractivity contribution >= 4 is 5.91 Å². The van der Waals surface area contributed by atoms with Gasteiger partial charge in [0.1, 0.15) is 0 Å². The molecule has 2 N–H and O–H groups in total. The first kappa shape index (κ1) is 14.8. The average molecular weight is 266 g/mol. The summed E-state index contributed by atoms with van der Waals surface area (Å²) >= 11 is 0. The largest absolute Gasteiger partial charge is 0.341 e. The minimum absolute atomic E-state index is 0.223.